The van der Waals surface area contributed by atoms with E-state index in [4.69, 9.17) is 8.92 Å². The van der Waals surface area contributed by atoms with Crippen LogP contribution in [0.2, 0.25) is 0 Å². The molecule has 1 saturated heterocycles. The zero-order chi connectivity index (χ0) is 22.1. The van der Waals surface area contributed by atoms with E-state index >= 15 is 0 Å². The van der Waals surface area contributed by atoms with Crippen LogP contribution in [0.1, 0.15) is 5.56 Å². The largest absolute Gasteiger partial charge is 0.457 e. The van der Waals surface area contributed by atoms with Gasteiger partial charge in [-0.3, -0.25) is 0 Å². The Bertz CT molecular complexity index is 1260. The molecule has 3 aromatic carbocycles. The van der Waals surface area contributed by atoms with Gasteiger partial charge in [-0.05, 0) is 67.6 Å². The summed E-state index contributed by atoms with van der Waals surface area (Å²) in [5.41, 5.74) is 0.952. The van der Waals surface area contributed by atoms with Crippen molar-refractivity contribution in [3.8, 4) is 17.2 Å². The third kappa shape index (κ3) is 5.61. The van der Waals surface area contributed by atoms with Crippen molar-refractivity contribution in [1.82, 2.24) is 0 Å². The van der Waals surface area contributed by atoms with Crippen LogP contribution in [0.25, 0.3) is 0 Å². The number of benzene rings is 3. The van der Waals surface area contributed by atoms with E-state index in [1.165, 1.54) is 36.4 Å². The molecular weight excluding hydrogens is 456 g/mol. The van der Waals surface area contributed by atoms with Crippen molar-refractivity contribution in [2.24, 2.45) is 0 Å². The standard InChI is InChI=1S/C22H20O6S3/c1-16-2-10-22(11-3-16)31(25,26)28-19-6-4-17(5-7-19)27-18-8-12-21(13-9-18)30(23,24)15-20-14-29-20/h2-13,20H,14-15H2,1H3. The Balaban J connectivity index is 1.41. The van der Waals surface area contributed by atoms with Crippen LogP contribution in [-0.2, 0) is 20.0 Å². The van der Waals surface area contributed by atoms with E-state index in [2.05, 4.69) is 0 Å². The van der Waals surface area contributed by atoms with E-state index in [1.54, 1.807) is 48.2 Å². The van der Waals surface area contributed by atoms with Crippen molar-refractivity contribution in [1.29, 1.82) is 0 Å². The Morgan fingerprint density at radius 3 is 1.81 bits per heavy atom. The molecule has 0 aromatic heterocycles. The van der Waals surface area contributed by atoms with Crippen LogP contribution in [0.3, 0.4) is 0 Å². The summed E-state index contributed by atoms with van der Waals surface area (Å²) < 4.78 is 60.2. The molecule has 9 heteroatoms. The molecule has 0 amide bonds. The summed E-state index contributed by atoms with van der Waals surface area (Å²) in [7, 11) is -7.21. The third-order valence-corrected chi connectivity index (χ3v) is 8.84. The van der Waals surface area contributed by atoms with Gasteiger partial charge in [0.05, 0.1) is 10.6 Å². The summed E-state index contributed by atoms with van der Waals surface area (Å²) in [6.45, 7) is 1.87. The first-order valence-electron chi connectivity index (χ1n) is 9.45. The highest BCUT2D eigenvalue weighted by Gasteiger charge is 2.29. The van der Waals surface area contributed by atoms with Crippen LogP contribution in [0.5, 0.6) is 17.2 Å². The fraction of sp³-hybridized carbons (Fsp3) is 0.182. The molecule has 0 bridgehead atoms. The van der Waals surface area contributed by atoms with Crippen LogP contribution in [-0.4, -0.2) is 33.6 Å². The van der Waals surface area contributed by atoms with Gasteiger partial charge in [0.1, 0.15) is 22.1 Å². The number of hydrogen-bond acceptors (Lipinski definition) is 7. The summed E-state index contributed by atoms with van der Waals surface area (Å²) >= 11 is 1.65. The minimum Gasteiger partial charge on any atom is -0.457 e. The van der Waals surface area contributed by atoms with Crippen LogP contribution < -0.4 is 8.92 Å². The van der Waals surface area contributed by atoms with Crippen LogP contribution >= 0.6 is 11.8 Å². The van der Waals surface area contributed by atoms with Gasteiger partial charge < -0.3 is 8.92 Å². The lowest BCUT2D eigenvalue weighted by atomic mass is 10.2. The zero-order valence-corrected chi connectivity index (χ0v) is 19.0. The fourth-order valence-electron chi connectivity index (χ4n) is 2.80. The van der Waals surface area contributed by atoms with Gasteiger partial charge in [0.15, 0.2) is 9.84 Å². The smallest absolute Gasteiger partial charge is 0.339 e. The van der Waals surface area contributed by atoms with Crippen LogP contribution in [0.15, 0.2) is 82.6 Å². The Morgan fingerprint density at radius 2 is 1.26 bits per heavy atom. The Morgan fingerprint density at radius 1 is 0.774 bits per heavy atom. The molecule has 1 fully saturated rings. The predicted octanol–water partition coefficient (Wildman–Crippen LogP) is 4.44. The lowest BCUT2D eigenvalue weighted by Crippen LogP contribution is -2.10. The van der Waals surface area contributed by atoms with Gasteiger partial charge in [0, 0.05) is 11.0 Å². The Kier molecular flexibility index (Phi) is 6.00. The Hall–Kier alpha value is -2.49. The van der Waals surface area contributed by atoms with Gasteiger partial charge in [-0.15, -0.1) is 0 Å². The molecule has 1 aliphatic heterocycles. The first-order valence-corrected chi connectivity index (χ1v) is 13.6. The van der Waals surface area contributed by atoms with Crippen molar-refractivity contribution >= 4 is 31.7 Å². The topological polar surface area (TPSA) is 86.7 Å². The molecule has 0 spiro atoms. The molecule has 0 radical (unpaired) electrons. The van der Waals surface area contributed by atoms with Gasteiger partial charge in [-0.25, -0.2) is 8.42 Å². The maximum absolute atomic E-state index is 12.4. The number of ether oxygens (including phenoxy) is 1. The average molecular weight is 477 g/mol. The molecule has 0 N–H and O–H groups in total. The summed E-state index contributed by atoms with van der Waals surface area (Å²) in [5, 5.41) is 0.205. The summed E-state index contributed by atoms with van der Waals surface area (Å²) in [6, 6.07) is 18.8. The van der Waals surface area contributed by atoms with Crippen LogP contribution in [0.4, 0.5) is 0 Å². The predicted molar refractivity (Wildman–Crippen MR) is 120 cm³/mol. The molecule has 1 heterocycles. The van der Waals surface area contributed by atoms with Gasteiger partial charge in [-0.1, -0.05) is 17.7 Å². The van der Waals surface area contributed by atoms with Crippen molar-refractivity contribution in [2.45, 2.75) is 22.0 Å². The maximum atomic E-state index is 12.4. The Labute approximate surface area is 186 Å². The molecule has 0 aliphatic carbocycles. The molecule has 31 heavy (non-hydrogen) atoms. The van der Waals surface area contributed by atoms with Crippen LogP contribution in [0, 0.1) is 6.92 Å². The summed E-state index contributed by atoms with van der Waals surface area (Å²) in [6.07, 6.45) is 0. The summed E-state index contributed by atoms with van der Waals surface area (Å²) in [5.74, 6) is 2.15. The van der Waals surface area contributed by atoms with Gasteiger partial charge in [0.25, 0.3) is 0 Å². The normalized spacial score (nSPS) is 16.0. The lowest BCUT2D eigenvalue weighted by molar-refractivity contribution is 0.474. The quantitative estimate of drug-likeness (QED) is 0.351. The third-order valence-electron chi connectivity index (χ3n) is 4.57. The lowest BCUT2D eigenvalue weighted by Gasteiger charge is -2.10. The molecule has 0 saturated carbocycles. The van der Waals surface area contributed by atoms with Crippen molar-refractivity contribution in [2.75, 3.05) is 11.5 Å². The molecule has 3 aromatic rings. The average Bonchev–Trinajstić information content (AvgIpc) is 3.53. The maximum Gasteiger partial charge on any atom is 0.339 e. The zero-order valence-electron chi connectivity index (χ0n) is 16.6. The van der Waals surface area contributed by atoms with E-state index in [0.717, 1.165) is 11.3 Å². The molecule has 1 unspecified atom stereocenters. The number of sulfone groups is 1. The monoisotopic (exact) mass is 476 g/mol. The number of thioether (sulfide) groups is 1. The second-order valence-electron chi connectivity index (χ2n) is 7.13. The highest BCUT2D eigenvalue weighted by Crippen LogP contribution is 2.33. The van der Waals surface area contributed by atoms with Crippen molar-refractivity contribution in [3.63, 3.8) is 0 Å². The first kappa shape index (κ1) is 21.7. The summed E-state index contributed by atoms with van der Waals surface area (Å²) in [4.78, 5) is 0.353. The number of rotatable bonds is 8. The van der Waals surface area contributed by atoms with E-state index < -0.39 is 20.0 Å². The second-order valence-corrected chi connectivity index (χ2v) is 12.0. The molecule has 4 rings (SSSR count). The van der Waals surface area contributed by atoms with Crippen molar-refractivity contribution < 1.29 is 25.8 Å². The SMILES string of the molecule is Cc1ccc(S(=O)(=O)Oc2ccc(Oc3ccc(S(=O)(=O)CC4CS4)cc3)cc2)cc1. The molecular formula is C22H20O6S3. The number of hydrogen-bond donors (Lipinski definition) is 0. The first-order chi connectivity index (χ1) is 14.7. The van der Waals surface area contributed by atoms with Gasteiger partial charge in [-0.2, -0.15) is 20.2 Å². The fourth-order valence-corrected chi connectivity index (χ4v) is 6.41. The minimum absolute atomic E-state index is 0.0775. The molecule has 162 valence electrons. The van der Waals surface area contributed by atoms with Gasteiger partial charge in [0.2, 0.25) is 0 Å². The second kappa shape index (κ2) is 8.57. The van der Waals surface area contributed by atoms with E-state index in [9.17, 15) is 16.8 Å². The highest BCUT2D eigenvalue weighted by atomic mass is 32.2. The molecule has 1 atom stereocenters. The van der Waals surface area contributed by atoms with Crippen molar-refractivity contribution in [3.05, 3.63) is 78.4 Å². The number of aryl methyl sites for hydroxylation is 1. The minimum atomic E-state index is -3.92. The van der Waals surface area contributed by atoms with E-state index in [-0.39, 0.29) is 26.5 Å². The van der Waals surface area contributed by atoms with E-state index in [0.29, 0.717) is 11.5 Å². The molecule has 1 aliphatic rings. The highest BCUT2D eigenvalue weighted by molar-refractivity contribution is 8.08. The van der Waals surface area contributed by atoms with E-state index in [1.807, 2.05) is 6.92 Å². The molecule has 6 nitrogen and oxygen atoms in total. The van der Waals surface area contributed by atoms with Gasteiger partial charge >= 0.3 is 10.1 Å².